The fourth-order valence-electron chi connectivity index (χ4n) is 3.77. The van der Waals surface area contributed by atoms with Crippen LogP contribution in [0.1, 0.15) is 29.2 Å². The van der Waals surface area contributed by atoms with Crippen molar-refractivity contribution in [2.45, 2.75) is 25.1 Å². The maximum absolute atomic E-state index is 14.6. The van der Waals surface area contributed by atoms with E-state index >= 15 is 0 Å². The SMILES string of the molecule is Fc1ccc([C@H]2c3ccccc3CCN2[C@H]2CNCC[CH]O2)c(F)c1. The van der Waals surface area contributed by atoms with Gasteiger partial charge in [0, 0.05) is 24.7 Å². The lowest BCUT2D eigenvalue weighted by atomic mass is 9.87. The summed E-state index contributed by atoms with van der Waals surface area (Å²) in [7, 11) is 0. The molecule has 2 aliphatic rings. The van der Waals surface area contributed by atoms with Crippen molar-refractivity contribution in [2.75, 3.05) is 19.6 Å². The Balaban J connectivity index is 1.78. The number of nitrogens with zero attached hydrogens (tertiary/aromatic N) is 1. The molecule has 0 aliphatic carbocycles. The molecule has 2 aliphatic heterocycles. The van der Waals surface area contributed by atoms with E-state index in [-0.39, 0.29) is 12.3 Å². The molecule has 25 heavy (non-hydrogen) atoms. The zero-order chi connectivity index (χ0) is 17.2. The molecule has 1 radical (unpaired) electrons. The van der Waals surface area contributed by atoms with Crippen molar-refractivity contribution in [2.24, 2.45) is 0 Å². The van der Waals surface area contributed by atoms with Crippen molar-refractivity contribution in [1.82, 2.24) is 10.2 Å². The molecule has 0 bridgehead atoms. The first-order valence-corrected chi connectivity index (χ1v) is 8.70. The lowest BCUT2D eigenvalue weighted by Gasteiger charge is -2.41. The maximum atomic E-state index is 14.6. The Morgan fingerprint density at radius 1 is 1.08 bits per heavy atom. The van der Waals surface area contributed by atoms with Crippen LogP contribution in [0.25, 0.3) is 0 Å². The van der Waals surface area contributed by atoms with Gasteiger partial charge in [0.25, 0.3) is 0 Å². The third-order valence-electron chi connectivity index (χ3n) is 4.96. The average molecular weight is 343 g/mol. The van der Waals surface area contributed by atoms with Crippen molar-refractivity contribution < 1.29 is 13.5 Å². The first kappa shape index (κ1) is 16.6. The number of ether oxygens (including phenoxy) is 1. The van der Waals surface area contributed by atoms with E-state index in [9.17, 15) is 8.78 Å². The molecule has 1 N–H and O–H groups in total. The highest BCUT2D eigenvalue weighted by Gasteiger charge is 2.35. The van der Waals surface area contributed by atoms with Crippen LogP contribution in [0.2, 0.25) is 0 Å². The van der Waals surface area contributed by atoms with Crippen LogP contribution < -0.4 is 5.32 Å². The molecule has 2 heterocycles. The second-order valence-electron chi connectivity index (χ2n) is 6.51. The van der Waals surface area contributed by atoms with Crippen molar-refractivity contribution in [1.29, 1.82) is 0 Å². The largest absolute Gasteiger partial charge is 0.356 e. The number of rotatable bonds is 2. The van der Waals surface area contributed by atoms with Gasteiger partial charge in [-0.1, -0.05) is 30.3 Å². The van der Waals surface area contributed by atoms with E-state index in [2.05, 4.69) is 16.3 Å². The summed E-state index contributed by atoms with van der Waals surface area (Å²) in [5, 5.41) is 3.36. The molecule has 5 heteroatoms. The summed E-state index contributed by atoms with van der Waals surface area (Å²) < 4.78 is 34.0. The molecule has 2 aromatic rings. The van der Waals surface area contributed by atoms with E-state index in [0.717, 1.165) is 37.6 Å². The van der Waals surface area contributed by atoms with Crippen LogP contribution in [-0.2, 0) is 11.2 Å². The molecule has 0 amide bonds. The lowest BCUT2D eigenvalue weighted by molar-refractivity contribution is -0.0423. The Bertz CT molecular complexity index is 744. The quantitative estimate of drug-likeness (QED) is 0.904. The topological polar surface area (TPSA) is 24.5 Å². The van der Waals surface area contributed by atoms with Crippen LogP contribution in [0.4, 0.5) is 8.78 Å². The summed E-state index contributed by atoms with van der Waals surface area (Å²) in [6, 6.07) is 11.6. The number of hydrogen-bond acceptors (Lipinski definition) is 3. The fraction of sp³-hybridized carbons (Fsp3) is 0.350. The fourth-order valence-corrected chi connectivity index (χ4v) is 3.77. The molecule has 1 saturated heterocycles. The Morgan fingerprint density at radius 3 is 2.84 bits per heavy atom. The van der Waals surface area contributed by atoms with Gasteiger partial charge >= 0.3 is 0 Å². The third-order valence-corrected chi connectivity index (χ3v) is 4.96. The molecule has 0 aromatic heterocycles. The second kappa shape index (κ2) is 7.20. The van der Waals surface area contributed by atoms with E-state index in [1.165, 1.54) is 11.6 Å². The summed E-state index contributed by atoms with van der Waals surface area (Å²) in [4.78, 5) is 2.17. The summed E-state index contributed by atoms with van der Waals surface area (Å²) in [5.41, 5.74) is 2.76. The van der Waals surface area contributed by atoms with Gasteiger partial charge in [0.1, 0.15) is 17.9 Å². The minimum Gasteiger partial charge on any atom is -0.356 e. The molecule has 0 saturated carbocycles. The molecule has 2 atom stereocenters. The highest BCUT2D eigenvalue weighted by Crippen LogP contribution is 2.38. The van der Waals surface area contributed by atoms with Crippen LogP contribution in [0.5, 0.6) is 0 Å². The van der Waals surface area contributed by atoms with E-state index in [1.807, 2.05) is 24.8 Å². The van der Waals surface area contributed by atoms with Crippen LogP contribution in [0.15, 0.2) is 42.5 Å². The molecule has 0 spiro atoms. The molecular weight excluding hydrogens is 322 g/mol. The van der Waals surface area contributed by atoms with Gasteiger partial charge < -0.3 is 10.1 Å². The molecule has 131 valence electrons. The van der Waals surface area contributed by atoms with Crippen LogP contribution in [0.3, 0.4) is 0 Å². The van der Waals surface area contributed by atoms with Crippen molar-refractivity contribution >= 4 is 0 Å². The van der Waals surface area contributed by atoms with E-state index < -0.39 is 11.6 Å². The number of halogens is 2. The monoisotopic (exact) mass is 343 g/mol. The highest BCUT2D eigenvalue weighted by atomic mass is 19.1. The zero-order valence-electron chi connectivity index (χ0n) is 13.9. The highest BCUT2D eigenvalue weighted by molar-refractivity contribution is 5.40. The third kappa shape index (κ3) is 3.32. The predicted octanol–water partition coefficient (Wildman–Crippen LogP) is 3.41. The number of nitrogens with one attached hydrogen (secondary N) is 1. The van der Waals surface area contributed by atoms with Gasteiger partial charge in [0.15, 0.2) is 0 Å². The summed E-state index contributed by atoms with van der Waals surface area (Å²) in [5.74, 6) is -1.07. The lowest BCUT2D eigenvalue weighted by Crippen LogP contribution is -2.48. The maximum Gasteiger partial charge on any atom is 0.131 e. The van der Waals surface area contributed by atoms with E-state index in [4.69, 9.17) is 4.74 Å². The second-order valence-corrected chi connectivity index (χ2v) is 6.51. The van der Waals surface area contributed by atoms with Crippen LogP contribution >= 0.6 is 0 Å². The van der Waals surface area contributed by atoms with Crippen LogP contribution in [-0.4, -0.2) is 30.8 Å². The molecular formula is C20H21F2N2O. The predicted molar refractivity (Wildman–Crippen MR) is 91.7 cm³/mol. The van der Waals surface area contributed by atoms with Crippen molar-refractivity contribution in [3.8, 4) is 0 Å². The van der Waals surface area contributed by atoms with E-state index in [0.29, 0.717) is 12.1 Å². The summed E-state index contributed by atoms with van der Waals surface area (Å²) in [6.45, 7) is 4.14. The average Bonchev–Trinajstić information content (AvgIpc) is 2.90. The minimum atomic E-state index is -0.558. The summed E-state index contributed by atoms with van der Waals surface area (Å²) >= 11 is 0. The van der Waals surface area contributed by atoms with Crippen molar-refractivity contribution in [3.05, 3.63) is 77.4 Å². The van der Waals surface area contributed by atoms with Gasteiger partial charge in [0.05, 0.1) is 12.6 Å². The van der Waals surface area contributed by atoms with Gasteiger partial charge in [-0.3, -0.25) is 4.90 Å². The van der Waals surface area contributed by atoms with Crippen LogP contribution in [0, 0.1) is 18.2 Å². The smallest absolute Gasteiger partial charge is 0.131 e. The molecule has 4 rings (SSSR count). The Morgan fingerprint density at radius 2 is 1.96 bits per heavy atom. The standard InChI is InChI=1S/C20H21F2N2O/c21-15-6-7-17(18(22)12-15)20-16-5-2-1-4-14(16)8-10-24(20)19-13-23-9-3-11-25-19/h1-2,4-7,11-12,19-20,23H,3,8-10,13H2/t19-,20-/m1/s1. The first-order valence-electron chi connectivity index (χ1n) is 8.70. The first-order chi connectivity index (χ1) is 12.2. The Labute approximate surface area is 146 Å². The molecule has 2 aromatic carbocycles. The molecule has 1 fully saturated rings. The number of benzene rings is 2. The normalized spacial score (nSPS) is 24.6. The van der Waals surface area contributed by atoms with Gasteiger partial charge in [0.2, 0.25) is 0 Å². The molecule has 0 unspecified atom stereocenters. The Kier molecular flexibility index (Phi) is 4.79. The Hall–Kier alpha value is -1.82. The number of fused-ring (bicyclic) bond motifs is 1. The zero-order valence-corrected chi connectivity index (χ0v) is 13.9. The van der Waals surface area contributed by atoms with Gasteiger partial charge in [-0.05, 0) is 36.6 Å². The van der Waals surface area contributed by atoms with Gasteiger partial charge in [-0.15, -0.1) is 0 Å². The molecule has 3 nitrogen and oxygen atoms in total. The number of hydrogen-bond donors (Lipinski definition) is 1. The van der Waals surface area contributed by atoms with Gasteiger partial charge in [-0.2, -0.15) is 0 Å². The summed E-state index contributed by atoms with van der Waals surface area (Å²) in [6.07, 6.45) is 1.55. The van der Waals surface area contributed by atoms with Crippen molar-refractivity contribution in [3.63, 3.8) is 0 Å². The van der Waals surface area contributed by atoms with E-state index in [1.54, 1.807) is 6.07 Å². The minimum absolute atomic E-state index is 0.176. The van der Waals surface area contributed by atoms with Gasteiger partial charge in [-0.25, -0.2) is 8.78 Å².